The summed E-state index contributed by atoms with van der Waals surface area (Å²) in [6.45, 7) is 29.5. The molecule has 3 rings (SSSR count). The first kappa shape index (κ1) is 31.5. The summed E-state index contributed by atoms with van der Waals surface area (Å²) in [7, 11) is 0. The van der Waals surface area contributed by atoms with Crippen LogP contribution < -0.4 is 0 Å². The lowest BCUT2D eigenvalue weighted by atomic mass is 9.82. The molecule has 5 heteroatoms. The van der Waals surface area contributed by atoms with Gasteiger partial charge in [0.1, 0.15) is 0 Å². The molecule has 5 nitrogen and oxygen atoms in total. The first-order valence-electron chi connectivity index (χ1n) is 13.5. The number of hydrogen-bond donors (Lipinski definition) is 0. The van der Waals surface area contributed by atoms with E-state index in [1.165, 1.54) is 0 Å². The Balaban J connectivity index is 0.00000154. The van der Waals surface area contributed by atoms with Gasteiger partial charge in [-0.1, -0.05) is 81.4 Å². The molecule has 0 N–H and O–H groups in total. The van der Waals surface area contributed by atoms with Gasteiger partial charge in [-0.05, 0) is 57.4 Å². The molecule has 0 aliphatic heterocycles. The summed E-state index contributed by atoms with van der Waals surface area (Å²) in [4.78, 5) is 9.43. The van der Waals surface area contributed by atoms with Crippen molar-refractivity contribution in [3.63, 3.8) is 0 Å². The Kier molecular flexibility index (Phi) is 10.6. The van der Waals surface area contributed by atoms with Gasteiger partial charge in [0.2, 0.25) is 11.8 Å². The minimum absolute atomic E-state index is 0.0142. The van der Waals surface area contributed by atoms with Crippen molar-refractivity contribution in [1.29, 1.82) is 0 Å². The minimum Gasteiger partial charge on any atom is -0.423 e. The third-order valence-corrected chi connectivity index (χ3v) is 6.81. The molecule has 0 unspecified atom stereocenters. The Bertz CT molecular complexity index is 1050. The van der Waals surface area contributed by atoms with Crippen LogP contribution in [-0.4, -0.2) is 20.2 Å². The van der Waals surface area contributed by atoms with E-state index in [9.17, 15) is 0 Å². The summed E-state index contributed by atoms with van der Waals surface area (Å²) in [6, 6.07) is 8.44. The maximum atomic E-state index is 6.26. The third kappa shape index (κ3) is 6.80. The minimum atomic E-state index is -0.447. The van der Waals surface area contributed by atoms with Gasteiger partial charge in [-0.2, -0.15) is 0 Å². The Labute approximate surface area is 220 Å². The van der Waals surface area contributed by atoms with Crippen LogP contribution in [0.2, 0.25) is 0 Å². The molecule has 3 aromatic heterocycles. The van der Waals surface area contributed by atoms with Gasteiger partial charge in [-0.15, -0.1) is 10.2 Å². The SMILES string of the molecule is CC.CC.CCC(C)(C)c1ccc(C(C)(C)c2nnc(C(C)(C)c3ccc(C(C)(C)C)nc3)o2)cn1. The molecular weight excluding hydrogens is 444 g/mol. The first-order valence-corrected chi connectivity index (χ1v) is 13.5. The Hall–Kier alpha value is -2.56. The fraction of sp³-hybridized carbons (Fsp3) is 0.613. The zero-order valence-corrected chi connectivity index (χ0v) is 25.4. The quantitative estimate of drug-likeness (QED) is 0.343. The molecule has 0 radical (unpaired) electrons. The lowest BCUT2D eigenvalue weighted by Gasteiger charge is -2.25. The highest BCUT2D eigenvalue weighted by atomic mass is 16.4. The molecule has 0 aliphatic rings. The number of hydrogen-bond acceptors (Lipinski definition) is 5. The predicted molar refractivity (Wildman–Crippen MR) is 152 cm³/mol. The predicted octanol–water partition coefficient (Wildman–Crippen LogP) is 8.55. The highest BCUT2D eigenvalue weighted by Gasteiger charge is 2.35. The topological polar surface area (TPSA) is 64.7 Å². The molecule has 0 fully saturated rings. The number of nitrogens with zero attached hydrogens (tertiary/aromatic N) is 4. The van der Waals surface area contributed by atoms with E-state index in [1.54, 1.807) is 0 Å². The summed E-state index contributed by atoms with van der Waals surface area (Å²) in [5.74, 6) is 1.17. The lowest BCUT2D eigenvalue weighted by molar-refractivity contribution is 0.350. The third-order valence-electron chi connectivity index (χ3n) is 6.81. The molecule has 0 aliphatic carbocycles. The second-order valence-electron chi connectivity index (χ2n) is 11.5. The van der Waals surface area contributed by atoms with Crippen molar-refractivity contribution >= 4 is 0 Å². The zero-order valence-electron chi connectivity index (χ0n) is 25.4. The fourth-order valence-corrected chi connectivity index (χ4v) is 3.53. The number of pyridine rings is 2. The molecule has 3 heterocycles. The van der Waals surface area contributed by atoms with E-state index in [-0.39, 0.29) is 10.8 Å². The van der Waals surface area contributed by atoms with Crippen molar-refractivity contribution in [1.82, 2.24) is 20.2 Å². The summed E-state index contributed by atoms with van der Waals surface area (Å²) in [5.41, 5.74) is 3.44. The van der Waals surface area contributed by atoms with E-state index in [0.717, 1.165) is 28.9 Å². The van der Waals surface area contributed by atoms with E-state index in [1.807, 2.05) is 40.1 Å². The normalized spacial score (nSPS) is 12.3. The molecule has 0 spiro atoms. The van der Waals surface area contributed by atoms with Crippen LogP contribution in [-0.2, 0) is 21.7 Å². The summed E-state index contributed by atoms with van der Waals surface area (Å²) < 4.78 is 6.26. The molecule has 0 aromatic carbocycles. The van der Waals surface area contributed by atoms with Crippen LogP contribution in [0.5, 0.6) is 0 Å². The molecule has 36 heavy (non-hydrogen) atoms. The van der Waals surface area contributed by atoms with Crippen LogP contribution in [0.25, 0.3) is 0 Å². The molecule has 0 saturated heterocycles. The van der Waals surface area contributed by atoms with Crippen LogP contribution in [0.3, 0.4) is 0 Å². The van der Waals surface area contributed by atoms with Gasteiger partial charge in [0.25, 0.3) is 0 Å². The lowest BCUT2D eigenvalue weighted by Crippen LogP contribution is -2.22. The van der Waals surface area contributed by atoms with Crippen molar-refractivity contribution in [3.8, 4) is 0 Å². The number of rotatable bonds is 6. The van der Waals surface area contributed by atoms with Gasteiger partial charge in [0, 0.05) is 34.6 Å². The van der Waals surface area contributed by atoms with Gasteiger partial charge >= 0.3 is 0 Å². The van der Waals surface area contributed by atoms with E-state index >= 15 is 0 Å². The van der Waals surface area contributed by atoms with Crippen LogP contribution in [0.4, 0.5) is 0 Å². The highest BCUT2D eigenvalue weighted by Crippen LogP contribution is 2.36. The van der Waals surface area contributed by atoms with Gasteiger partial charge in [0.05, 0.1) is 10.8 Å². The van der Waals surface area contributed by atoms with E-state index < -0.39 is 10.8 Å². The number of aromatic nitrogens is 4. The van der Waals surface area contributed by atoms with E-state index in [0.29, 0.717) is 11.8 Å². The van der Waals surface area contributed by atoms with Crippen LogP contribution in [0, 0.1) is 0 Å². The average Bonchev–Trinajstić information content (AvgIpc) is 3.38. The van der Waals surface area contributed by atoms with Crippen molar-refractivity contribution in [2.75, 3.05) is 0 Å². The Morgan fingerprint density at radius 2 is 1.00 bits per heavy atom. The van der Waals surface area contributed by atoms with Gasteiger partial charge in [-0.25, -0.2) is 0 Å². The maximum Gasteiger partial charge on any atom is 0.226 e. The van der Waals surface area contributed by atoms with Gasteiger partial charge in [0.15, 0.2) is 0 Å². The smallest absolute Gasteiger partial charge is 0.226 e. The fourth-order valence-electron chi connectivity index (χ4n) is 3.53. The van der Waals surface area contributed by atoms with E-state index in [4.69, 9.17) is 9.40 Å². The van der Waals surface area contributed by atoms with Crippen molar-refractivity contribution in [3.05, 3.63) is 71.0 Å². The molecule has 0 amide bonds. The summed E-state index contributed by atoms with van der Waals surface area (Å²) in [5, 5.41) is 8.87. The van der Waals surface area contributed by atoms with Gasteiger partial charge < -0.3 is 4.42 Å². The Morgan fingerprint density at radius 3 is 1.31 bits per heavy atom. The molecule has 0 bridgehead atoms. The van der Waals surface area contributed by atoms with Crippen LogP contribution >= 0.6 is 0 Å². The van der Waals surface area contributed by atoms with Crippen molar-refractivity contribution in [2.24, 2.45) is 0 Å². The second-order valence-corrected chi connectivity index (χ2v) is 11.5. The second kappa shape index (κ2) is 12.1. The molecule has 200 valence electrons. The first-order chi connectivity index (χ1) is 16.7. The van der Waals surface area contributed by atoms with Gasteiger partial charge in [-0.3, -0.25) is 9.97 Å². The monoisotopic (exact) mass is 494 g/mol. The molecular formula is C31H50N4O. The Morgan fingerprint density at radius 1 is 0.611 bits per heavy atom. The van der Waals surface area contributed by atoms with Crippen molar-refractivity contribution in [2.45, 2.75) is 125 Å². The average molecular weight is 495 g/mol. The largest absolute Gasteiger partial charge is 0.423 e. The molecule has 0 atom stereocenters. The maximum absolute atomic E-state index is 6.26. The van der Waals surface area contributed by atoms with Crippen LogP contribution in [0.15, 0.2) is 41.1 Å². The van der Waals surface area contributed by atoms with Crippen LogP contribution in [0.1, 0.15) is 138 Å². The van der Waals surface area contributed by atoms with Crippen molar-refractivity contribution < 1.29 is 4.42 Å². The zero-order chi connectivity index (χ0) is 27.9. The summed E-state index contributed by atoms with van der Waals surface area (Å²) in [6.07, 6.45) is 4.90. The standard InChI is InChI=1S/C27H38N4O.2C2H6/c1-11-25(5,6)21-15-13-19(17-29-21)27(9,10)23-31-30-22(32-23)26(7,8)18-12-14-20(28-16-18)24(2,3)4;2*1-2/h12-17H,11H2,1-10H3;2*1-2H3. The molecule has 0 saturated carbocycles. The highest BCUT2D eigenvalue weighted by molar-refractivity contribution is 5.32. The molecule has 3 aromatic rings. The van der Waals surface area contributed by atoms with E-state index in [2.05, 4.69) is 109 Å². The summed E-state index contributed by atoms with van der Waals surface area (Å²) >= 11 is 0.